The Hall–Kier alpha value is -1.46. The fourth-order valence-corrected chi connectivity index (χ4v) is 2.59. The van der Waals surface area contributed by atoms with Crippen molar-refractivity contribution in [3.63, 3.8) is 0 Å². The molecule has 1 aliphatic carbocycles. The molecule has 6 heteroatoms. The van der Waals surface area contributed by atoms with E-state index in [0.717, 1.165) is 25.7 Å². The van der Waals surface area contributed by atoms with Crippen LogP contribution < -0.4 is 9.47 Å². The second-order valence-corrected chi connectivity index (χ2v) is 5.20. The minimum absolute atomic E-state index is 0.0924. The summed E-state index contributed by atoms with van der Waals surface area (Å²) in [6.07, 6.45) is 2.69. The van der Waals surface area contributed by atoms with Crippen LogP contribution in [0.15, 0.2) is 12.1 Å². The highest BCUT2D eigenvalue weighted by Crippen LogP contribution is 2.38. The van der Waals surface area contributed by atoms with E-state index in [1.54, 1.807) is 0 Å². The van der Waals surface area contributed by atoms with Gasteiger partial charge in [0.2, 0.25) is 0 Å². The van der Waals surface area contributed by atoms with Gasteiger partial charge in [0.15, 0.2) is 17.6 Å². The molecule has 0 heterocycles. The van der Waals surface area contributed by atoms with Gasteiger partial charge in [-0.2, -0.15) is 0 Å². The Bertz CT molecular complexity index is 497. The molecule has 0 aliphatic heterocycles. The van der Waals surface area contributed by atoms with Crippen LogP contribution in [0, 0.1) is 0 Å². The monoisotopic (exact) mass is 300 g/mol. The molecule has 0 spiro atoms. The molecule has 0 bridgehead atoms. The molecule has 1 saturated carbocycles. The average Bonchev–Trinajstić information content (AvgIpc) is 2.91. The number of benzene rings is 1. The van der Waals surface area contributed by atoms with E-state index in [0.29, 0.717) is 11.5 Å². The minimum Gasteiger partial charge on any atom is -0.493 e. The van der Waals surface area contributed by atoms with Crippen LogP contribution in [0.1, 0.15) is 37.4 Å². The number of aliphatic carboxylic acids is 1. The van der Waals surface area contributed by atoms with Gasteiger partial charge in [-0.05, 0) is 31.7 Å². The molecule has 20 heavy (non-hydrogen) atoms. The second kappa shape index (κ2) is 6.33. The molecule has 1 aromatic rings. The molecule has 0 saturated heterocycles. The van der Waals surface area contributed by atoms with Crippen molar-refractivity contribution in [2.45, 2.75) is 37.9 Å². The van der Waals surface area contributed by atoms with Gasteiger partial charge in [-0.3, -0.25) is 0 Å². The SMILES string of the molecule is COc1cc(C(O)C(=O)O)c(Cl)cc1OC1CCCC1. The number of carboxylic acids is 1. The third kappa shape index (κ3) is 3.16. The summed E-state index contributed by atoms with van der Waals surface area (Å²) >= 11 is 6.02. The van der Waals surface area contributed by atoms with Gasteiger partial charge in [-0.1, -0.05) is 11.6 Å². The van der Waals surface area contributed by atoms with Crippen molar-refractivity contribution in [3.8, 4) is 11.5 Å². The van der Waals surface area contributed by atoms with E-state index in [4.69, 9.17) is 26.2 Å². The predicted molar refractivity (Wildman–Crippen MR) is 73.5 cm³/mol. The van der Waals surface area contributed by atoms with Crippen molar-refractivity contribution in [1.29, 1.82) is 0 Å². The molecule has 1 atom stereocenters. The van der Waals surface area contributed by atoms with E-state index >= 15 is 0 Å². The van der Waals surface area contributed by atoms with Crippen LogP contribution in [0.25, 0.3) is 0 Å². The van der Waals surface area contributed by atoms with Crippen molar-refractivity contribution in [1.82, 2.24) is 0 Å². The Kier molecular flexibility index (Phi) is 4.73. The summed E-state index contributed by atoms with van der Waals surface area (Å²) in [5.41, 5.74) is 0.0924. The number of halogens is 1. The molecular weight excluding hydrogens is 284 g/mol. The van der Waals surface area contributed by atoms with Gasteiger partial charge in [0, 0.05) is 11.6 Å². The fraction of sp³-hybridized carbons (Fsp3) is 0.500. The van der Waals surface area contributed by atoms with Gasteiger partial charge in [0.25, 0.3) is 0 Å². The molecule has 1 unspecified atom stereocenters. The largest absolute Gasteiger partial charge is 0.493 e. The fourth-order valence-electron chi connectivity index (χ4n) is 2.33. The Morgan fingerprint density at radius 3 is 2.55 bits per heavy atom. The Balaban J connectivity index is 2.29. The Morgan fingerprint density at radius 1 is 1.35 bits per heavy atom. The van der Waals surface area contributed by atoms with Crippen LogP contribution in [0.5, 0.6) is 11.5 Å². The smallest absolute Gasteiger partial charge is 0.337 e. The van der Waals surface area contributed by atoms with Crippen LogP contribution in [0.2, 0.25) is 5.02 Å². The van der Waals surface area contributed by atoms with Crippen molar-refractivity contribution in [2.24, 2.45) is 0 Å². The van der Waals surface area contributed by atoms with Crippen LogP contribution >= 0.6 is 11.6 Å². The highest BCUT2D eigenvalue weighted by molar-refractivity contribution is 6.31. The van der Waals surface area contributed by atoms with E-state index in [9.17, 15) is 9.90 Å². The topological polar surface area (TPSA) is 76.0 Å². The quantitative estimate of drug-likeness (QED) is 0.874. The first kappa shape index (κ1) is 14.9. The minimum atomic E-state index is -1.68. The molecule has 5 nitrogen and oxygen atoms in total. The number of carbonyl (C=O) groups is 1. The van der Waals surface area contributed by atoms with Gasteiger partial charge < -0.3 is 19.7 Å². The van der Waals surface area contributed by atoms with Gasteiger partial charge in [0.1, 0.15) is 0 Å². The van der Waals surface area contributed by atoms with Crippen molar-refractivity contribution in [3.05, 3.63) is 22.7 Å². The first-order valence-electron chi connectivity index (χ1n) is 6.48. The number of aliphatic hydroxyl groups is 1. The van der Waals surface area contributed by atoms with E-state index in [-0.39, 0.29) is 16.7 Å². The van der Waals surface area contributed by atoms with Gasteiger partial charge in [-0.25, -0.2) is 4.79 Å². The van der Waals surface area contributed by atoms with Gasteiger partial charge in [0.05, 0.1) is 18.2 Å². The highest BCUT2D eigenvalue weighted by Gasteiger charge is 2.24. The second-order valence-electron chi connectivity index (χ2n) is 4.79. The van der Waals surface area contributed by atoms with E-state index in [1.165, 1.54) is 19.2 Å². The molecule has 110 valence electrons. The summed E-state index contributed by atoms with van der Waals surface area (Å²) in [5.74, 6) is -0.513. The van der Waals surface area contributed by atoms with Gasteiger partial charge in [-0.15, -0.1) is 0 Å². The van der Waals surface area contributed by atoms with Crippen LogP contribution in [-0.4, -0.2) is 29.4 Å². The Labute approximate surface area is 122 Å². The van der Waals surface area contributed by atoms with Crippen LogP contribution in [-0.2, 0) is 4.79 Å². The number of ether oxygens (including phenoxy) is 2. The number of rotatable bonds is 5. The number of aliphatic hydroxyl groups excluding tert-OH is 1. The molecule has 2 rings (SSSR count). The third-order valence-corrected chi connectivity index (χ3v) is 3.73. The first-order chi connectivity index (χ1) is 9.52. The first-order valence-corrected chi connectivity index (χ1v) is 6.85. The standard InChI is InChI=1S/C14H17ClO5/c1-19-11-6-9(13(16)14(17)18)10(15)7-12(11)20-8-4-2-3-5-8/h6-8,13,16H,2-5H2,1H3,(H,17,18). The summed E-state index contributed by atoms with van der Waals surface area (Å²) in [7, 11) is 1.46. The zero-order valence-electron chi connectivity index (χ0n) is 11.1. The van der Waals surface area contributed by atoms with Crippen molar-refractivity contribution >= 4 is 17.6 Å². The third-order valence-electron chi connectivity index (χ3n) is 3.41. The summed E-state index contributed by atoms with van der Waals surface area (Å²) in [6.45, 7) is 0. The molecule has 1 aliphatic rings. The van der Waals surface area contributed by atoms with Crippen molar-refractivity contribution in [2.75, 3.05) is 7.11 Å². The molecule has 0 amide bonds. The Morgan fingerprint density at radius 2 is 2.00 bits per heavy atom. The summed E-state index contributed by atoms with van der Waals surface area (Å²) in [4.78, 5) is 10.8. The average molecular weight is 301 g/mol. The maximum atomic E-state index is 10.8. The number of carboxylic acid groups (broad SMARTS) is 1. The predicted octanol–water partition coefficient (Wildman–Crippen LogP) is 2.79. The van der Waals surface area contributed by atoms with E-state index in [2.05, 4.69) is 0 Å². The molecule has 2 N–H and O–H groups in total. The van der Waals surface area contributed by atoms with Gasteiger partial charge >= 0.3 is 5.97 Å². The lowest BCUT2D eigenvalue weighted by atomic mass is 10.1. The molecule has 1 aromatic carbocycles. The summed E-state index contributed by atoms with van der Waals surface area (Å²) < 4.78 is 11.0. The molecule has 0 aromatic heterocycles. The molecule has 0 radical (unpaired) electrons. The van der Waals surface area contributed by atoms with Crippen molar-refractivity contribution < 1.29 is 24.5 Å². The van der Waals surface area contributed by atoms with E-state index in [1.807, 2.05) is 0 Å². The lowest BCUT2D eigenvalue weighted by Crippen LogP contribution is -2.14. The number of hydrogen-bond donors (Lipinski definition) is 2. The summed E-state index contributed by atoms with van der Waals surface area (Å²) in [6, 6.07) is 2.91. The lowest BCUT2D eigenvalue weighted by Gasteiger charge is -2.18. The maximum absolute atomic E-state index is 10.8. The van der Waals surface area contributed by atoms with E-state index < -0.39 is 12.1 Å². The zero-order valence-corrected chi connectivity index (χ0v) is 11.9. The zero-order chi connectivity index (χ0) is 14.7. The molecule has 1 fully saturated rings. The lowest BCUT2D eigenvalue weighted by molar-refractivity contribution is -0.146. The maximum Gasteiger partial charge on any atom is 0.337 e. The van der Waals surface area contributed by atoms with Crippen LogP contribution in [0.3, 0.4) is 0 Å². The number of hydrogen-bond acceptors (Lipinski definition) is 4. The number of methoxy groups -OCH3 is 1. The normalized spacial score (nSPS) is 16.9. The highest BCUT2D eigenvalue weighted by atomic mass is 35.5. The van der Waals surface area contributed by atoms with Crippen LogP contribution in [0.4, 0.5) is 0 Å². The molecular formula is C14H17ClO5. The summed E-state index contributed by atoms with van der Waals surface area (Å²) in [5, 5.41) is 18.6.